The summed E-state index contributed by atoms with van der Waals surface area (Å²) in [5.74, 6) is 0. The molecular weight excluding hydrogens is 379 g/mol. The van der Waals surface area contributed by atoms with Gasteiger partial charge in [-0.05, 0) is 0 Å². The first-order valence-electron chi connectivity index (χ1n) is 2.41. The summed E-state index contributed by atoms with van der Waals surface area (Å²) in [4.78, 5) is 6.42. The van der Waals surface area contributed by atoms with Crippen LogP contribution in [0.4, 0.5) is 0 Å². The Bertz CT molecular complexity index is 146. The number of hydrogen-bond donors (Lipinski definition) is 1. The molecule has 0 aliphatic rings. The third kappa shape index (κ3) is 51.4. The van der Waals surface area contributed by atoms with E-state index in [1.165, 1.54) is 0 Å². The molecular formula is C5H10Cl4N2ORuS-2. The summed E-state index contributed by atoms with van der Waals surface area (Å²) in [7, 11) is -0.611. The van der Waals surface area contributed by atoms with Crippen molar-refractivity contribution in [3.05, 3.63) is 18.7 Å². The summed E-state index contributed by atoms with van der Waals surface area (Å²) in [6.45, 7) is 0. The summed E-state index contributed by atoms with van der Waals surface area (Å²) in [6, 6.07) is 0. The fourth-order valence-corrected chi connectivity index (χ4v) is 0.215. The second-order valence-corrected chi connectivity index (χ2v) is 2.99. The number of aromatic nitrogens is 2. The Morgan fingerprint density at radius 3 is 1.57 bits per heavy atom. The SMILES string of the molecule is CS(C)=O.[Cl-].[Cl-].[Cl-].[Cl-].[Ru+2].c1c[nH]cn1. The maximum Gasteiger partial charge on any atom is 2.00 e. The van der Waals surface area contributed by atoms with Gasteiger partial charge in [0.05, 0.1) is 6.33 Å². The molecule has 0 radical (unpaired) electrons. The van der Waals surface area contributed by atoms with Crippen molar-refractivity contribution >= 4 is 10.8 Å². The number of imidazole rings is 1. The van der Waals surface area contributed by atoms with Gasteiger partial charge in [-0.2, -0.15) is 0 Å². The van der Waals surface area contributed by atoms with Gasteiger partial charge in [0.2, 0.25) is 0 Å². The van der Waals surface area contributed by atoms with Crippen molar-refractivity contribution in [1.29, 1.82) is 0 Å². The molecule has 1 rings (SSSR count). The normalized spacial score (nSPS) is 5.36. The maximum absolute atomic E-state index is 9.56. The fourth-order valence-electron chi connectivity index (χ4n) is 0.215. The average Bonchev–Trinajstić information content (AvgIpc) is 2.11. The third-order valence-electron chi connectivity index (χ3n) is 0.406. The minimum absolute atomic E-state index is 0. The molecule has 0 aliphatic heterocycles. The van der Waals surface area contributed by atoms with Crippen LogP contribution in [0, 0.1) is 0 Å². The van der Waals surface area contributed by atoms with E-state index in [9.17, 15) is 4.21 Å². The van der Waals surface area contributed by atoms with Gasteiger partial charge >= 0.3 is 19.5 Å². The molecule has 0 unspecified atom stereocenters. The van der Waals surface area contributed by atoms with E-state index in [2.05, 4.69) is 9.97 Å². The molecule has 0 bridgehead atoms. The summed E-state index contributed by atoms with van der Waals surface area (Å²) >= 11 is 0. The van der Waals surface area contributed by atoms with Gasteiger partial charge in [-0.1, -0.05) is 0 Å². The van der Waals surface area contributed by atoms with E-state index in [-0.39, 0.29) is 69.1 Å². The maximum atomic E-state index is 9.56. The molecule has 0 saturated heterocycles. The van der Waals surface area contributed by atoms with Crippen molar-refractivity contribution in [2.75, 3.05) is 12.5 Å². The molecule has 0 atom stereocenters. The molecule has 0 aliphatic carbocycles. The summed E-state index contributed by atoms with van der Waals surface area (Å²) < 4.78 is 9.56. The predicted molar refractivity (Wildman–Crippen MR) is 38.6 cm³/mol. The number of aromatic amines is 1. The Labute approximate surface area is 124 Å². The molecule has 14 heavy (non-hydrogen) atoms. The van der Waals surface area contributed by atoms with Crippen LogP contribution in [0.1, 0.15) is 0 Å². The summed E-state index contributed by atoms with van der Waals surface area (Å²) in [6.07, 6.45) is 8.36. The van der Waals surface area contributed by atoms with Crippen molar-refractivity contribution in [3.8, 4) is 0 Å². The van der Waals surface area contributed by atoms with Crippen LogP contribution in [-0.4, -0.2) is 26.7 Å². The van der Waals surface area contributed by atoms with Crippen molar-refractivity contribution in [3.63, 3.8) is 0 Å². The minimum Gasteiger partial charge on any atom is -1.00 e. The Balaban J connectivity index is -0.0000000171. The zero-order valence-electron chi connectivity index (χ0n) is 7.36. The van der Waals surface area contributed by atoms with E-state index in [0.29, 0.717) is 0 Å². The molecule has 9 heteroatoms. The second-order valence-electron chi connectivity index (χ2n) is 1.50. The predicted octanol–water partition coefficient (Wildman–Crippen LogP) is -11.6. The molecule has 1 N–H and O–H groups in total. The molecule has 1 aromatic rings. The first kappa shape index (κ1) is 36.2. The van der Waals surface area contributed by atoms with Gasteiger partial charge in [0.25, 0.3) is 0 Å². The van der Waals surface area contributed by atoms with Crippen molar-refractivity contribution in [2.45, 2.75) is 0 Å². The quantitative estimate of drug-likeness (QED) is 0.449. The number of nitrogens with zero attached hydrogens (tertiary/aromatic N) is 1. The largest absolute Gasteiger partial charge is 2.00 e. The van der Waals surface area contributed by atoms with Crippen molar-refractivity contribution < 1.29 is 73.3 Å². The molecule has 0 fully saturated rings. The van der Waals surface area contributed by atoms with Gasteiger partial charge in [-0.25, -0.2) is 4.98 Å². The monoisotopic (exact) mass is 388 g/mol. The van der Waals surface area contributed by atoms with Gasteiger partial charge in [-0.15, -0.1) is 0 Å². The minimum atomic E-state index is -0.611. The second kappa shape index (κ2) is 29.2. The van der Waals surface area contributed by atoms with Crippen LogP contribution in [-0.2, 0) is 30.3 Å². The zero-order valence-corrected chi connectivity index (χ0v) is 12.9. The number of nitrogens with one attached hydrogen (secondary N) is 1. The fraction of sp³-hybridized carbons (Fsp3) is 0.400. The molecule has 0 amide bonds. The van der Waals surface area contributed by atoms with Crippen LogP contribution < -0.4 is 49.6 Å². The van der Waals surface area contributed by atoms with E-state index >= 15 is 0 Å². The summed E-state index contributed by atoms with van der Waals surface area (Å²) in [5, 5.41) is 0. The average molecular weight is 389 g/mol. The summed E-state index contributed by atoms with van der Waals surface area (Å²) in [5.41, 5.74) is 0. The van der Waals surface area contributed by atoms with Gasteiger partial charge in [0.15, 0.2) is 0 Å². The van der Waals surface area contributed by atoms with Crippen LogP contribution in [0.2, 0.25) is 0 Å². The standard InChI is InChI=1S/C3H4N2.C2H6OS.4ClH.Ru/c1-2-5-3-4-1;1-4(2)3;;;;;/h1-3H,(H,4,5);1-2H3;4*1H;/q;;;;;;+2/p-4. The molecule has 1 aromatic heterocycles. The Hall–Kier alpha value is 1.14. The number of H-pyrrole nitrogens is 1. The van der Waals surface area contributed by atoms with Gasteiger partial charge in [-0.3, -0.25) is 4.21 Å². The van der Waals surface area contributed by atoms with Crippen LogP contribution in [0.15, 0.2) is 18.7 Å². The Kier molecular flexibility index (Phi) is 75.6. The van der Waals surface area contributed by atoms with E-state index in [1.807, 2.05) is 0 Å². The van der Waals surface area contributed by atoms with Gasteiger partial charge < -0.3 is 54.6 Å². The molecule has 3 nitrogen and oxygen atoms in total. The molecule has 1 heterocycles. The number of hydrogen-bond acceptors (Lipinski definition) is 2. The van der Waals surface area contributed by atoms with Crippen LogP contribution >= 0.6 is 0 Å². The molecule has 0 saturated carbocycles. The van der Waals surface area contributed by atoms with Crippen LogP contribution in [0.25, 0.3) is 0 Å². The Morgan fingerprint density at radius 2 is 1.50 bits per heavy atom. The van der Waals surface area contributed by atoms with Crippen molar-refractivity contribution in [1.82, 2.24) is 9.97 Å². The van der Waals surface area contributed by atoms with E-state index in [4.69, 9.17) is 0 Å². The number of halogens is 4. The topological polar surface area (TPSA) is 45.8 Å². The van der Waals surface area contributed by atoms with Gasteiger partial charge in [0, 0.05) is 35.7 Å². The third-order valence-corrected chi connectivity index (χ3v) is 0.406. The van der Waals surface area contributed by atoms with E-state index in [1.54, 1.807) is 31.2 Å². The van der Waals surface area contributed by atoms with Crippen LogP contribution in [0.3, 0.4) is 0 Å². The zero-order chi connectivity index (χ0) is 7.11. The first-order chi connectivity index (χ1) is 4.23. The molecule has 0 spiro atoms. The number of rotatable bonds is 0. The van der Waals surface area contributed by atoms with Crippen LogP contribution in [0.5, 0.6) is 0 Å². The van der Waals surface area contributed by atoms with E-state index in [0.717, 1.165) is 0 Å². The van der Waals surface area contributed by atoms with Crippen molar-refractivity contribution in [2.24, 2.45) is 0 Å². The smallest absolute Gasteiger partial charge is 1.00 e. The first-order valence-corrected chi connectivity index (χ1v) is 4.38. The Morgan fingerprint density at radius 1 is 1.14 bits per heavy atom. The van der Waals surface area contributed by atoms with Gasteiger partial charge in [0.1, 0.15) is 0 Å². The molecule has 0 aromatic carbocycles. The molecule has 90 valence electrons. The van der Waals surface area contributed by atoms with E-state index < -0.39 is 10.8 Å².